The molecule has 4 nitrogen and oxygen atoms in total. The van der Waals surface area contributed by atoms with Crippen LogP contribution < -0.4 is 5.32 Å². The van der Waals surface area contributed by atoms with Gasteiger partial charge < -0.3 is 5.32 Å². The number of amides is 1. The number of aromatic nitrogens is 1. The van der Waals surface area contributed by atoms with Gasteiger partial charge in [0.15, 0.2) is 0 Å². The highest BCUT2D eigenvalue weighted by atomic mass is 32.2. The maximum absolute atomic E-state index is 13.3. The van der Waals surface area contributed by atoms with E-state index >= 15 is 0 Å². The molecule has 1 aliphatic rings. The van der Waals surface area contributed by atoms with Crippen LogP contribution in [0.25, 0.3) is 0 Å². The van der Waals surface area contributed by atoms with Gasteiger partial charge in [-0.25, -0.2) is 4.98 Å². The molecule has 1 N–H and O–H groups in total. The van der Waals surface area contributed by atoms with Crippen LogP contribution in [0.4, 0.5) is 13.2 Å². The molecule has 1 aromatic heterocycles. The fraction of sp³-hybridized carbons (Fsp3) is 0.500. The van der Waals surface area contributed by atoms with Gasteiger partial charge in [-0.3, -0.25) is 4.79 Å². The number of nitrogens with one attached hydrogen (secondary N) is 1. The molecule has 1 aliphatic carbocycles. The number of hydrogen-bond acceptors (Lipinski definition) is 4. The van der Waals surface area contributed by atoms with Crippen LogP contribution in [0.5, 0.6) is 0 Å². The van der Waals surface area contributed by atoms with Crippen molar-refractivity contribution in [2.75, 3.05) is 12.3 Å². The number of nitrogens with zero attached hydrogens (tertiary/aromatic N) is 2. The zero-order chi connectivity index (χ0) is 16.3. The third-order valence-corrected chi connectivity index (χ3v) is 4.28. The lowest BCUT2D eigenvalue weighted by Crippen LogP contribution is -2.24. The van der Waals surface area contributed by atoms with Crippen molar-refractivity contribution in [3.05, 3.63) is 22.4 Å². The number of thioether (sulfide) groups is 1. The van der Waals surface area contributed by atoms with E-state index in [-0.39, 0.29) is 28.7 Å². The average Bonchev–Trinajstić information content (AvgIpc) is 2.90. The van der Waals surface area contributed by atoms with Gasteiger partial charge >= 0.3 is 6.18 Å². The Labute approximate surface area is 130 Å². The number of fused-ring (bicyclic) bond motifs is 1. The number of rotatable bonds is 4. The number of aryl methyl sites for hydroxylation is 1. The number of hydrogen-bond donors (Lipinski definition) is 1. The van der Waals surface area contributed by atoms with Crippen LogP contribution in [-0.4, -0.2) is 23.2 Å². The minimum Gasteiger partial charge on any atom is -0.356 e. The van der Waals surface area contributed by atoms with E-state index in [9.17, 15) is 18.0 Å². The van der Waals surface area contributed by atoms with Gasteiger partial charge in [0.1, 0.15) is 11.1 Å². The number of carbonyl (C=O) groups is 1. The van der Waals surface area contributed by atoms with Gasteiger partial charge in [0.05, 0.1) is 16.9 Å². The number of carbonyl (C=O) groups excluding carboxylic acids is 1. The van der Waals surface area contributed by atoms with Crippen LogP contribution in [-0.2, 0) is 23.8 Å². The predicted octanol–water partition coefficient (Wildman–Crippen LogP) is 2.69. The third-order valence-electron chi connectivity index (χ3n) is 3.30. The highest BCUT2D eigenvalue weighted by Gasteiger charge is 2.40. The van der Waals surface area contributed by atoms with Gasteiger partial charge in [0.2, 0.25) is 5.91 Å². The maximum Gasteiger partial charge on any atom is 0.418 e. The van der Waals surface area contributed by atoms with Crippen molar-refractivity contribution in [1.82, 2.24) is 10.3 Å². The molecule has 1 heterocycles. The Morgan fingerprint density at radius 1 is 1.45 bits per heavy atom. The van der Waals surface area contributed by atoms with Crippen LogP contribution >= 0.6 is 11.8 Å². The fourth-order valence-corrected chi connectivity index (χ4v) is 3.30. The molecule has 0 spiro atoms. The van der Waals surface area contributed by atoms with Crippen molar-refractivity contribution in [1.29, 1.82) is 5.26 Å². The summed E-state index contributed by atoms with van der Waals surface area (Å²) in [6, 6.07) is 1.62. The van der Waals surface area contributed by atoms with Gasteiger partial charge in [-0.05, 0) is 31.7 Å². The lowest BCUT2D eigenvalue weighted by molar-refractivity contribution is -0.138. The SMILES string of the molecule is CCNC(=O)CSc1nc2c(c(C(F)(F)F)c1C#N)CCC2. The molecule has 22 heavy (non-hydrogen) atoms. The van der Waals surface area contributed by atoms with Gasteiger partial charge in [0, 0.05) is 12.2 Å². The minimum atomic E-state index is -4.59. The summed E-state index contributed by atoms with van der Waals surface area (Å²) in [6.45, 7) is 2.19. The Morgan fingerprint density at radius 3 is 2.77 bits per heavy atom. The second-order valence-corrected chi connectivity index (χ2v) is 5.76. The van der Waals surface area contributed by atoms with E-state index in [1.807, 2.05) is 0 Å². The molecule has 0 aromatic carbocycles. The molecular weight excluding hydrogens is 315 g/mol. The Hall–Kier alpha value is -1.75. The second-order valence-electron chi connectivity index (χ2n) is 4.80. The van der Waals surface area contributed by atoms with Crippen LogP contribution in [0.3, 0.4) is 0 Å². The van der Waals surface area contributed by atoms with E-state index in [0.717, 1.165) is 11.8 Å². The molecule has 0 aliphatic heterocycles. The van der Waals surface area contributed by atoms with Crippen LogP contribution in [0, 0.1) is 11.3 Å². The molecule has 118 valence electrons. The van der Waals surface area contributed by atoms with E-state index < -0.39 is 17.3 Å². The lowest BCUT2D eigenvalue weighted by atomic mass is 10.0. The van der Waals surface area contributed by atoms with Crippen molar-refractivity contribution < 1.29 is 18.0 Å². The standard InChI is InChI=1S/C14H14F3N3OS/c1-2-19-11(21)7-22-13-9(6-18)12(14(15,16)17)8-4-3-5-10(8)20-13/h2-5,7H2,1H3,(H,19,21). The molecule has 8 heteroatoms. The van der Waals surface area contributed by atoms with Crippen LogP contribution in [0.1, 0.15) is 35.7 Å². The Balaban J connectivity index is 2.43. The van der Waals surface area contributed by atoms with Crippen molar-refractivity contribution in [2.24, 2.45) is 0 Å². The Kier molecular flexibility index (Phi) is 4.96. The molecular formula is C14H14F3N3OS. The second kappa shape index (κ2) is 6.57. The highest BCUT2D eigenvalue weighted by Crippen LogP contribution is 2.41. The summed E-state index contributed by atoms with van der Waals surface area (Å²) >= 11 is 0.870. The summed E-state index contributed by atoms with van der Waals surface area (Å²) in [7, 11) is 0. The van der Waals surface area contributed by atoms with E-state index in [1.54, 1.807) is 13.0 Å². The summed E-state index contributed by atoms with van der Waals surface area (Å²) in [4.78, 5) is 15.7. The molecule has 0 bridgehead atoms. The van der Waals surface area contributed by atoms with Crippen molar-refractivity contribution in [3.8, 4) is 6.07 Å². The normalized spacial score (nSPS) is 13.6. The van der Waals surface area contributed by atoms with E-state index in [4.69, 9.17) is 5.26 Å². The summed E-state index contributed by atoms with van der Waals surface area (Å²) in [5.74, 6) is -0.363. The first-order valence-electron chi connectivity index (χ1n) is 6.81. The van der Waals surface area contributed by atoms with Gasteiger partial charge in [0.25, 0.3) is 0 Å². The predicted molar refractivity (Wildman–Crippen MR) is 75.4 cm³/mol. The first kappa shape index (κ1) is 16.6. The molecule has 0 saturated carbocycles. The van der Waals surface area contributed by atoms with Gasteiger partial charge in [-0.15, -0.1) is 0 Å². The Bertz CT molecular complexity index is 638. The van der Waals surface area contributed by atoms with E-state index in [0.29, 0.717) is 25.1 Å². The highest BCUT2D eigenvalue weighted by molar-refractivity contribution is 8.00. The molecule has 1 amide bonds. The monoisotopic (exact) mass is 329 g/mol. The van der Waals surface area contributed by atoms with Crippen molar-refractivity contribution in [3.63, 3.8) is 0 Å². The lowest BCUT2D eigenvalue weighted by Gasteiger charge is -2.16. The summed E-state index contributed by atoms with van der Waals surface area (Å²) < 4.78 is 40.0. The largest absolute Gasteiger partial charge is 0.418 e. The maximum atomic E-state index is 13.3. The number of alkyl halides is 3. The fourth-order valence-electron chi connectivity index (χ4n) is 2.46. The summed E-state index contributed by atoms with van der Waals surface area (Å²) in [5, 5.41) is 11.7. The first-order chi connectivity index (χ1) is 10.4. The number of nitriles is 1. The topological polar surface area (TPSA) is 65.8 Å². The molecule has 2 rings (SSSR count). The minimum absolute atomic E-state index is 0.0123. The summed E-state index contributed by atoms with van der Waals surface area (Å²) in [5.41, 5.74) is -0.825. The van der Waals surface area contributed by atoms with Gasteiger partial charge in [-0.2, -0.15) is 18.4 Å². The smallest absolute Gasteiger partial charge is 0.356 e. The zero-order valence-electron chi connectivity index (χ0n) is 11.9. The molecule has 0 saturated heterocycles. The zero-order valence-corrected chi connectivity index (χ0v) is 12.7. The average molecular weight is 329 g/mol. The first-order valence-corrected chi connectivity index (χ1v) is 7.79. The number of halogens is 3. The van der Waals surface area contributed by atoms with Crippen molar-refractivity contribution >= 4 is 17.7 Å². The van der Waals surface area contributed by atoms with Crippen LogP contribution in [0.2, 0.25) is 0 Å². The third kappa shape index (κ3) is 3.35. The molecule has 0 unspecified atom stereocenters. The van der Waals surface area contributed by atoms with Crippen molar-refractivity contribution in [2.45, 2.75) is 37.4 Å². The molecule has 1 aromatic rings. The van der Waals surface area contributed by atoms with Crippen LogP contribution in [0.15, 0.2) is 5.03 Å². The molecule has 0 fully saturated rings. The molecule has 0 radical (unpaired) electrons. The van der Waals surface area contributed by atoms with E-state index in [1.165, 1.54) is 0 Å². The quantitative estimate of drug-likeness (QED) is 0.863. The Morgan fingerprint density at radius 2 is 2.18 bits per heavy atom. The van der Waals surface area contributed by atoms with Gasteiger partial charge in [-0.1, -0.05) is 11.8 Å². The van der Waals surface area contributed by atoms with E-state index in [2.05, 4.69) is 10.3 Å². The molecule has 0 atom stereocenters. The number of pyridine rings is 1. The summed E-state index contributed by atoms with van der Waals surface area (Å²) in [6.07, 6.45) is -3.24.